The van der Waals surface area contributed by atoms with Crippen molar-refractivity contribution in [3.05, 3.63) is 78.2 Å². The van der Waals surface area contributed by atoms with Crippen LogP contribution in [-0.4, -0.2) is 47.6 Å². The van der Waals surface area contributed by atoms with Gasteiger partial charge in [0.15, 0.2) is 5.82 Å². The predicted octanol–water partition coefficient (Wildman–Crippen LogP) is 2.49. The quantitative estimate of drug-likeness (QED) is 0.285. The van der Waals surface area contributed by atoms with Gasteiger partial charge in [-0.3, -0.25) is 14.3 Å². The minimum atomic E-state index is -3.38. The van der Waals surface area contributed by atoms with Crippen molar-refractivity contribution in [2.75, 3.05) is 16.3 Å². The van der Waals surface area contributed by atoms with Crippen LogP contribution in [0.3, 0.4) is 0 Å². The number of anilines is 2. The Morgan fingerprint density at radius 1 is 1.08 bits per heavy atom. The third-order valence-electron chi connectivity index (χ3n) is 5.49. The van der Waals surface area contributed by atoms with Gasteiger partial charge in [0.1, 0.15) is 6.04 Å². The number of hydrogen-bond donors (Lipinski definition) is 4. The molecule has 198 valence electrons. The second-order valence-corrected chi connectivity index (χ2v) is 11.4. The normalized spacial score (nSPS) is 12.5. The molecule has 1 atom stereocenters. The van der Waals surface area contributed by atoms with Crippen molar-refractivity contribution in [3.63, 3.8) is 0 Å². The first-order valence-corrected chi connectivity index (χ1v) is 13.8. The summed E-state index contributed by atoms with van der Waals surface area (Å²) in [5.41, 5.74) is 7.26. The number of nitrogens with one attached hydrogen (secondary N) is 3. The van der Waals surface area contributed by atoms with Crippen LogP contribution >= 0.6 is 0 Å². The van der Waals surface area contributed by atoms with Crippen LogP contribution in [0, 0.1) is 0 Å². The summed E-state index contributed by atoms with van der Waals surface area (Å²) < 4.78 is 27.2. The van der Waals surface area contributed by atoms with E-state index in [0.29, 0.717) is 30.9 Å². The number of amides is 2. The molecule has 0 aliphatic rings. The average Bonchev–Trinajstić information content (AvgIpc) is 3.24. The van der Waals surface area contributed by atoms with Gasteiger partial charge in [-0.25, -0.2) is 13.4 Å². The Kier molecular flexibility index (Phi) is 9.06. The molecule has 0 aliphatic heterocycles. The van der Waals surface area contributed by atoms with E-state index in [2.05, 4.69) is 20.3 Å². The van der Waals surface area contributed by atoms with Gasteiger partial charge in [-0.15, -0.1) is 0 Å². The second kappa shape index (κ2) is 12.0. The number of aromatic nitrogens is 2. The van der Waals surface area contributed by atoms with E-state index in [1.165, 1.54) is 0 Å². The number of carbonyl (C=O) groups excluding carboxylic acids is 2. The molecule has 1 heterocycles. The first kappa shape index (κ1) is 27.9. The predicted molar refractivity (Wildman–Crippen MR) is 144 cm³/mol. The minimum absolute atomic E-state index is 0.338. The highest BCUT2D eigenvalue weighted by Gasteiger charge is 2.28. The summed E-state index contributed by atoms with van der Waals surface area (Å²) in [6, 6.07) is 16.2. The summed E-state index contributed by atoms with van der Waals surface area (Å²) in [5, 5.41) is 5.55. The van der Waals surface area contributed by atoms with Crippen LogP contribution in [-0.2, 0) is 32.6 Å². The largest absolute Gasteiger partial charge is 0.343 e. The van der Waals surface area contributed by atoms with E-state index >= 15 is 0 Å². The molecule has 0 radical (unpaired) electrons. The van der Waals surface area contributed by atoms with Gasteiger partial charge in [0, 0.05) is 18.4 Å². The maximum atomic E-state index is 13.1. The van der Waals surface area contributed by atoms with Gasteiger partial charge in [-0.1, -0.05) is 42.5 Å². The molecule has 3 aromatic rings. The Bertz CT molecular complexity index is 1320. The number of hydrogen-bond acceptors (Lipinski definition) is 6. The lowest BCUT2D eigenvalue weighted by molar-refractivity contribution is -0.129. The summed E-state index contributed by atoms with van der Waals surface area (Å²) in [5.74, 6) is -0.458. The molecule has 37 heavy (non-hydrogen) atoms. The van der Waals surface area contributed by atoms with Crippen molar-refractivity contribution in [1.29, 1.82) is 0 Å². The van der Waals surface area contributed by atoms with Gasteiger partial charge in [0.25, 0.3) is 0 Å². The highest BCUT2D eigenvalue weighted by molar-refractivity contribution is 7.92. The first-order valence-electron chi connectivity index (χ1n) is 11.9. The van der Waals surface area contributed by atoms with Gasteiger partial charge < -0.3 is 20.9 Å². The fraction of sp³-hybridized carbons (Fsp3) is 0.346. The number of rotatable bonds is 12. The van der Waals surface area contributed by atoms with Crippen LogP contribution < -0.4 is 21.1 Å². The van der Waals surface area contributed by atoms with E-state index in [-0.39, 0.29) is 5.91 Å². The number of aryl methyl sites for hydroxylation is 1. The molecule has 3 rings (SSSR count). The summed E-state index contributed by atoms with van der Waals surface area (Å²) in [6.45, 7) is 3.59. The number of benzene rings is 2. The summed E-state index contributed by atoms with van der Waals surface area (Å²) >= 11 is 0. The van der Waals surface area contributed by atoms with E-state index in [0.717, 1.165) is 23.8 Å². The van der Waals surface area contributed by atoms with E-state index in [9.17, 15) is 18.0 Å². The molecule has 1 aromatic heterocycles. The Balaban J connectivity index is 1.64. The van der Waals surface area contributed by atoms with E-state index in [4.69, 9.17) is 5.73 Å². The van der Waals surface area contributed by atoms with Gasteiger partial charge in [-0.05, 0) is 56.4 Å². The van der Waals surface area contributed by atoms with Crippen LogP contribution in [0.5, 0.6) is 0 Å². The van der Waals surface area contributed by atoms with Gasteiger partial charge >= 0.3 is 0 Å². The van der Waals surface area contributed by atoms with Gasteiger partial charge in [-0.2, -0.15) is 0 Å². The number of nitrogens with two attached hydrogens (primary N) is 1. The smallest absolute Gasteiger partial charge is 0.248 e. The standard InChI is InChI=1S/C26H34N6O4S/c1-26(2,27)25(34)29-22(14-8-11-19-9-5-4-6-10-19)24(33)30-23-17-32(18-28-23)16-20-12-7-13-21(15-20)31-37(3,35)36/h4-7,9-10,12-13,15,17-18,22,31H,8,11,14,16,27H2,1-3H3,(H,29,34)(H,30,33)/t22-/m1/s1. The van der Waals surface area contributed by atoms with E-state index in [1.807, 2.05) is 36.4 Å². The summed E-state index contributed by atoms with van der Waals surface area (Å²) in [4.78, 5) is 29.8. The third kappa shape index (κ3) is 9.36. The lowest BCUT2D eigenvalue weighted by atomic mass is 10.0. The fourth-order valence-corrected chi connectivity index (χ4v) is 4.21. The molecular formula is C26H34N6O4S. The van der Waals surface area contributed by atoms with E-state index in [1.54, 1.807) is 49.1 Å². The zero-order valence-corrected chi connectivity index (χ0v) is 22.1. The number of sulfonamides is 1. The zero-order chi connectivity index (χ0) is 27.1. The lowest BCUT2D eigenvalue weighted by Crippen LogP contribution is -2.54. The van der Waals surface area contributed by atoms with Crippen molar-refractivity contribution in [2.24, 2.45) is 5.73 Å². The topological polar surface area (TPSA) is 148 Å². The minimum Gasteiger partial charge on any atom is -0.343 e. The number of nitrogens with zero attached hydrogens (tertiary/aromatic N) is 2. The highest BCUT2D eigenvalue weighted by atomic mass is 32.2. The average molecular weight is 527 g/mol. The monoisotopic (exact) mass is 526 g/mol. The van der Waals surface area contributed by atoms with Crippen LogP contribution in [0.15, 0.2) is 67.1 Å². The Morgan fingerprint density at radius 2 is 1.78 bits per heavy atom. The van der Waals surface area contributed by atoms with Crippen molar-refractivity contribution >= 4 is 33.3 Å². The molecule has 10 nitrogen and oxygen atoms in total. The van der Waals surface area contributed by atoms with Crippen molar-refractivity contribution < 1.29 is 18.0 Å². The van der Waals surface area contributed by atoms with Crippen LogP contribution in [0.1, 0.15) is 37.8 Å². The van der Waals surface area contributed by atoms with Crippen LogP contribution in [0.2, 0.25) is 0 Å². The molecule has 0 unspecified atom stereocenters. The summed E-state index contributed by atoms with van der Waals surface area (Å²) in [7, 11) is -3.38. The van der Waals surface area contributed by atoms with Crippen LogP contribution in [0.4, 0.5) is 11.5 Å². The molecule has 0 spiro atoms. The summed E-state index contributed by atoms with van der Waals surface area (Å²) in [6.07, 6.45) is 6.23. The number of carbonyl (C=O) groups is 2. The lowest BCUT2D eigenvalue weighted by Gasteiger charge is -2.23. The molecule has 0 saturated carbocycles. The zero-order valence-electron chi connectivity index (χ0n) is 21.3. The molecule has 5 N–H and O–H groups in total. The first-order chi connectivity index (χ1) is 17.4. The molecule has 0 bridgehead atoms. The fourth-order valence-electron chi connectivity index (χ4n) is 3.65. The molecular weight excluding hydrogens is 492 g/mol. The van der Waals surface area contributed by atoms with Crippen LogP contribution in [0.25, 0.3) is 0 Å². The molecule has 2 aromatic carbocycles. The Labute approximate surface area is 217 Å². The Morgan fingerprint density at radius 3 is 2.46 bits per heavy atom. The van der Waals surface area contributed by atoms with E-state index < -0.39 is 27.5 Å². The third-order valence-corrected chi connectivity index (χ3v) is 6.09. The Hall–Kier alpha value is -3.70. The maximum absolute atomic E-state index is 13.1. The van der Waals surface area contributed by atoms with Crippen molar-refractivity contribution in [2.45, 2.75) is 51.2 Å². The molecule has 0 saturated heterocycles. The van der Waals surface area contributed by atoms with Crippen molar-refractivity contribution in [3.8, 4) is 0 Å². The molecule has 0 fully saturated rings. The molecule has 2 amide bonds. The number of imidazole rings is 1. The maximum Gasteiger partial charge on any atom is 0.248 e. The van der Waals surface area contributed by atoms with Crippen molar-refractivity contribution in [1.82, 2.24) is 14.9 Å². The molecule has 0 aliphatic carbocycles. The highest BCUT2D eigenvalue weighted by Crippen LogP contribution is 2.15. The second-order valence-electron chi connectivity index (χ2n) is 9.62. The van der Waals surface area contributed by atoms with Gasteiger partial charge in [0.2, 0.25) is 21.8 Å². The SMILES string of the molecule is CC(C)(N)C(=O)N[C@H](CCCc1ccccc1)C(=O)Nc1cn(Cc2cccc(NS(C)(=O)=O)c2)cn1. The molecule has 11 heteroatoms. The van der Waals surface area contributed by atoms with Gasteiger partial charge in [0.05, 0.1) is 18.1 Å².